The molecule has 0 aliphatic carbocycles. The third-order valence-corrected chi connectivity index (χ3v) is 6.01. The zero-order valence-corrected chi connectivity index (χ0v) is 18.0. The Labute approximate surface area is 187 Å². The summed E-state index contributed by atoms with van der Waals surface area (Å²) in [5, 5.41) is 13.2. The Hall–Kier alpha value is -2.39. The third-order valence-electron chi connectivity index (χ3n) is 6.01. The highest BCUT2D eigenvalue weighted by molar-refractivity contribution is 5.76. The summed E-state index contributed by atoms with van der Waals surface area (Å²) in [6.45, 7) is 2.00. The molecule has 0 saturated carbocycles. The number of nitrogens with one attached hydrogen (secondary N) is 1. The van der Waals surface area contributed by atoms with Crippen molar-refractivity contribution in [1.82, 2.24) is 15.2 Å². The molecule has 2 N–H and O–H groups in total. The summed E-state index contributed by atoms with van der Waals surface area (Å²) in [5.74, 6) is -0.322. The van der Waals surface area contributed by atoms with Gasteiger partial charge in [-0.05, 0) is 48.2 Å². The number of amides is 1. The Bertz CT molecular complexity index is 885. The number of aliphatic hydroxyl groups excluding tert-OH is 1. The number of pyridine rings is 1. The molecule has 2 saturated heterocycles. The highest BCUT2D eigenvalue weighted by Crippen LogP contribution is 2.28. The van der Waals surface area contributed by atoms with Crippen molar-refractivity contribution in [3.63, 3.8) is 0 Å². The SMILES string of the molecule is O=C(C[C@@H]1CC[C@H]2[C@@H](COC[C@H](O)CN2Cc2cccc(F)c2)O1)NCc1ccncc1. The van der Waals surface area contributed by atoms with Crippen molar-refractivity contribution < 1.29 is 23.8 Å². The molecule has 2 aromatic rings. The minimum atomic E-state index is -0.610. The fourth-order valence-corrected chi connectivity index (χ4v) is 4.48. The molecule has 2 fully saturated rings. The number of hydrogen-bond acceptors (Lipinski definition) is 6. The first kappa shape index (κ1) is 22.8. The smallest absolute Gasteiger partial charge is 0.222 e. The average Bonchev–Trinajstić information content (AvgIpc) is 2.77. The highest BCUT2D eigenvalue weighted by Gasteiger charge is 2.38. The van der Waals surface area contributed by atoms with E-state index in [1.807, 2.05) is 18.2 Å². The maximum atomic E-state index is 13.7. The van der Waals surface area contributed by atoms with Gasteiger partial charge < -0.3 is 19.9 Å². The molecule has 0 unspecified atom stereocenters. The van der Waals surface area contributed by atoms with E-state index in [9.17, 15) is 14.3 Å². The van der Waals surface area contributed by atoms with Crippen molar-refractivity contribution in [2.45, 2.75) is 56.7 Å². The van der Waals surface area contributed by atoms with Gasteiger partial charge in [-0.25, -0.2) is 4.39 Å². The van der Waals surface area contributed by atoms with E-state index in [4.69, 9.17) is 9.47 Å². The number of rotatable bonds is 6. The molecule has 4 rings (SSSR count). The van der Waals surface area contributed by atoms with Crippen LogP contribution < -0.4 is 5.32 Å². The van der Waals surface area contributed by atoms with Crippen molar-refractivity contribution in [3.8, 4) is 0 Å². The van der Waals surface area contributed by atoms with E-state index < -0.39 is 6.10 Å². The summed E-state index contributed by atoms with van der Waals surface area (Å²) in [7, 11) is 0. The lowest BCUT2D eigenvalue weighted by Gasteiger charge is -2.44. The predicted octanol–water partition coefficient (Wildman–Crippen LogP) is 2.04. The lowest BCUT2D eigenvalue weighted by Crippen LogP contribution is -2.55. The van der Waals surface area contributed by atoms with Crippen LogP contribution in [0.2, 0.25) is 0 Å². The van der Waals surface area contributed by atoms with Crippen LogP contribution in [-0.4, -0.2) is 65.0 Å². The summed E-state index contributed by atoms with van der Waals surface area (Å²) in [6, 6.07) is 10.3. The van der Waals surface area contributed by atoms with E-state index in [-0.39, 0.29) is 36.6 Å². The first-order valence-electron chi connectivity index (χ1n) is 11.1. The summed E-state index contributed by atoms with van der Waals surface area (Å²) in [5.41, 5.74) is 1.85. The van der Waals surface area contributed by atoms with Gasteiger partial charge in [-0.15, -0.1) is 0 Å². The highest BCUT2D eigenvalue weighted by atomic mass is 19.1. The van der Waals surface area contributed by atoms with Gasteiger partial charge in [-0.3, -0.25) is 14.7 Å². The van der Waals surface area contributed by atoms with Crippen molar-refractivity contribution in [1.29, 1.82) is 0 Å². The first-order valence-corrected chi connectivity index (χ1v) is 11.1. The fraction of sp³-hybridized carbons (Fsp3) is 0.500. The fourth-order valence-electron chi connectivity index (χ4n) is 4.48. The predicted molar refractivity (Wildman–Crippen MR) is 116 cm³/mol. The molecule has 4 atom stereocenters. The van der Waals surface area contributed by atoms with E-state index in [2.05, 4.69) is 15.2 Å². The Balaban J connectivity index is 1.35. The summed E-state index contributed by atoms with van der Waals surface area (Å²) >= 11 is 0. The number of aromatic nitrogens is 1. The molecule has 2 aliphatic rings. The number of carbonyl (C=O) groups is 1. The van der Waals surface area contributed by atoms with Crippen molar-refractivity contribution in [2.24, 2.45) is 0 Å². The number of nitrogens with zero attached hydrogens (tertiary/aromatic N) is 2. The van der Waals surface area contributed by atoms with Crippen molar-refractivity contribution in [3.05, 3.63) is 65.7 Å². The molecular formula is C24H30FN3O4. The number of β-amino-alcohol motifs (C(OH)–C–C–N with tert-alkyl or cyclic N) is 1. The van der Waals surface area contributed by atoms with Crippen LogP contribution in [0.1, 0.15) is 30.4 Å². The molecule has 8 heteroatoms. The second-order valence-corrected chi connectivity index (χ2v) is 8.53. The lowest BCUT2D eigenvalue weighted by molar-refractivity contribution is -0.158. The zero-order chi connectivity index (χ0) is 22.3. The quantitative estimate of drug-likeness (QED) is 0.711. The molecule has 172 valence electrons. The number of aliphatic hydroxyl groups is 1. The number of carbonyl (C=O) groups excluding carboxylic acids is 1. The molecule has 1 aromatic carbocycles. The van der Waals surface area contributed by atoms with Crippen molar-refractivity contribution in [2.75, 3.05) is 19.8 Å². The van der Waals surface area contributed by atoms with E-state index in [1.54, 1.807) is 18.5 Å². The molecule has 32 heavy (non-hydrogen) atoms. The van der Waals surface area contributed by atoms with Crippen LogP contribution in [0.15, 0.2) is 48.8 Å². The Kier molecular flexibility index (Phi) is 7.81. The minimum Gasteiger partial charge on any atom is -0.389 e. The Morgan fingerprint density at radius 3 is 2.84 bits per heavy atom. The van der Waals surface area contributed by atoms with Gasteiger partial charge in [0.1, 0.15) is 5.82 Å². The largest absolute Gasteiger partial charge is 0.389 e. The van der Waals surface area contributed by atoms with Gasteiger partial charge in [0.05, 0.1) is 37.9 Å². The number of hydrogen-bond donors (Lipinski definition) is 2. The van der Waals surface area contributed by atoms with Crippen LogP contribution in [-0.2, 0) is 27.4 Å². The minimum absolute atomic E-state index is 0.0318. The van der Waals surface area contributed by atoms with Crippen LogP contribution >= 0.6 is 0 Å². The third kappa shape index (κ3) is 6.32. The van der Waals surface area contributed by atoms with Crippen molar-refractivity contribution >= 4 is 5.91 Å². The maximum Gasteiger partial charge on any atom is 0.222 e. The van der Waals surface area contributed by atoms with Gasteiger partial charge in [-0.2, -0.15) is 0 Å². The molecule has 7 nitrogen and oxygen atoms in total. The second-order valence-electron chi connectivity index (χ2n) is 8.53. The van der Waals surface area contributed by atoms with Crippen LogP contribution in [0.3, 0.4) is 0 Å². The van der Waals surface area contributed by atoms with Gasteiger partial charge in [0, 0.05) is 38.1 Å². The van der Waals surface area contributed by atoms with Crippen LogP contribution in [0, 0.1) is 5.82 Å². The number of halogens is 1. The maximum absolute atomic E-state index is 13.7. The second kappa shape index (κ2) is 11.0. The topological polar surface area (TPSA) is 83.9 Å². The first-order chi connectivity index (χ1) is 15.6. The van der Waals surface area contributed by atoms with E-state index >= 15 is 0 Å². The Morgan fingerprint density at radius 1 is 1.19 bits per heavy atom. The lowest BCUT2D eigenvalue weighted by atomic mass is 9.94. The Morgan fingerprint density at radius 2 is 2.03 bits per heavy atom. The monoisotopic (exact) mass is 443 g/mol. The number of benzene rings is 1. The van der Waals surface area contributed by atoms with Gasteiger partial charge in [-0.1, -0.05) is 12.1 Å². The van der Waals surface area contributed by atoms with Crippen LogP contribution in [0.5, 0.6) is 0 Å². The molecule has 0 spiro atoms. The van der Waals surface area contributed by atoms with Crippen LogP contribution in [0.4, 0.5) is 4.39 Å². The molecule has 2 aliphatic heterocycles. The average molecular weight is 444 g/mol. The number of fused-ring (bicyclic) bond motifs is 1. The van der Waals surface area contributed by atoms with E-state index in [0.717, 1.165) is 24.0 Å². The zero-order valence-electron chi connectivity index (χ0n) is 18.0. The molecular weight excluding hydrogens is 413 g/mol. The van der Waals surface area contributed by atoms with Gasteiger partial charge in [0.25, 0.3) is 0 Å². The molecule has 1 amide bonds. The normalized spacial score (nSPS) is 26.6. The molecule has 3 heterocycles. The van der Waals surface area contributed by atoms with E-state index in [1.165, 1.54) is 12.1 Å². The van der Waals surface area contributed by atoms with Gasteiger partial charge in [0.15, 0.2) is 0 Å². The number of ether oxygens (including phenoxy) is 2. The summed E-state index contributed by atoms with van der Waals surface area (Å²) in [4.78, 5) is 18.6. The summed E-state index contributed by atoms with van der Waals surface area (Å²) < 4.78 is 25.6. The van der Waals surface area contributed by atoms with Gasteiger partial charge in [0.2, 0.25) is 5.91 Å². The molecule has 0 radical (unpaired) electrons. The van der Waals surface area contributed by atoms with E-state index in [0.29, 0.717) is 32.7 Å². The standard InChI is InChI=1S/C24H30FN3O4/c25-19-3-1-2-18(10-19)13-28-14-20(29)15-31-16-23-22(28)5-4-21(32-23)11-24(30)27-12-17-6-8-26-9-7-17/h1-3,6-10,20-23,29H,4-5,11-16H2,(H,27,30)/t20-,21+,22+,23-/m1/s1. The van der Waals surface area contributed by atoms with Crippen LogP contribution in [0.25, 0.3) is 0 Å². The molecule has 1 aromatic heterocycles. The van der Waals surface area contributed by atoms with Gasteiger partial charge >= 0.3 is 0 Å². The summed E-state index contributed by atoms with van der Waals surface area (Å²) in [6.07, 6.45) is 4.25. The molecule has 0 bridgehead atoms.